The van der Waals surface area contributed by atoms with Gasteiger partial charge in [0.15, 0.2) is 0 Å². The summed E-state index contributed by atoms with van der Waals surface area (Å²) in [5, 5.41) is 16.7. The number of anilines is 2. The van der Waals surface area contributed by atoms with E-state index in [0.29, 0.717) is 5.56 Å². The molecule has 1 aromatic heterocycles. The molecule has 0 radical (unpaired) electrons. The van der Waals surface area contributed by atoms with Gasteiger partial charge in [0, 0.05) is 23.7 Å². The Labute approximate surface area is 122 Å². The van der Waals surface area contributed by atoms with Crippen LogP contribution in [0.2, 0.25) is 0 Å². The number of hydrogen-bond donors (Lipinski definition) is 2. The second kappa shape index (κ2) is 5.20. The van der Waals surface area contributed by atoms with Gasteiger partial charge in [-0.25, -0.2) is 0 Å². The minimum absolute atomic E-state index is 0.0697. The Morgan fingerprint density at radius 2 is 1.81 bits per heavy atom. The number of aromatic nitrogens is 2. The van der Waals surface area contributed by atoms with Gasteiger partial charge >= 0.3 is 0 Å². The van der Waals surface area contributed by atoms with Gasteiger partial charge in [-0.2, -0.15) is 10.2 Å². The number of hydrogen-bond acceptors (Lipinski definition) is 4. The van der Waals surface area contributed by atoms with Crippen molar-refractivity contribution in [3.8, 4) is 0 Å². The highest BCUT2D eigenvalue weighted by atomic mass is 15.2. The maximum atomic E-state index is 7.43. The molecule has 21 heavy (non-hydrogen) atoms. The Morgan fingerprint density at radius 1 is 1.10 bits per heavy atom. The van der Waals surface area contributed by atoms with Crippen molar-refractivity contribution in [2.45, 2.75) is 0 Å². The van der Waals surface area contributed by atoms with Crippen LogP contribution in [0.3, 0.4) is 0 Å². The second-order valence-corrected chi connectivity index (χ2v) is 4.77. The van der Waals surface area contributed by atoms with E-state index in [0.717, 1.165) is 22.3 Å². The van der Waals surface area contributed by atoms with Crippen LogP contribution < -0.4 is 10.6 Å². The average molecular weight is 277 g/mol. The van der Waals surface area contributed by atoms with Gasteiger partial charge in [-0.3, -0.25) is 5.41 Å². The Bertz CT molecular complexity index is 790. The van der Waals surface area contributed by atoms with Crippen LogP contribution >= 0.6 is 0 Å². The summed E-state index contributed by atoms with van der Waals surface area (Å²) < 4.78 is 0. The average Bonchev–Trinajstić information content (AvgIpc) is 2.53. The number of rotatable bonds is 3. The van der Waals surface area contributed by atoms with Crippen LogP contribution in [0.4, 0.5) is 11.4 Å². The van der Waals surface area contributed by atoms with Crippen LogP contribution in [-0.4, -0.2) is 23.1 Å². The molecule has 0 amide bonds. The van der Waals surface area contributed by atoms with E-state index in [1.54, 1.807) is 6.20 Å². The summed E-state index contributed by atoms with van der Waals surface area (Å²) in [7, 11) is 1.98. The molecule has 0 aliphatic rings. The lowest BCUT2D eigenvalue weighted by atomic mass is 10.1. The third-order valence-corrected chi connectivity index (χ3v) is 3.45. The van der Waals surface area contributed by atoms with E-state index in [1.807, 2.05) is 60.5 Å². The highest BCUT2D eigenvalue weighted by Crippen LogP contribution is 2.29. The first-order valence-electron chi connectivity index (χ1n) is 6.55. The third kappa shape index (κ3) is 2.41. The van der Waals surface area contributed by atoms with E-state index >= 15 is 0 Å². The van der Waals surface area contributed by atoms with E-state index in [1.165, 1.54) is 0 Å². The van der Waals surface area contributed by atoms with Gasteiger partial charge < -0.3 is 10.6 Å². The number of benzene rings is 2. The van der Waals surface area contributed by atoms with Gasteiger partial charge in [-0.05, 0) is 30.3 Å². The molecule has 0 saturated carbocycles. The number of amidine groups is 1. The number of nitrogens with two attached hydrogens (primary N) is 1. The Kier molecular flexibility index (Phi) is 3.23. The van der Waals surface area contributed by atoms with Crippen molar-refractivity contribution in [3.05, 3.63) is 60.3 Å². The van der Waals surface area contributed by atoms with Crippen molar-refractivity contribution < 1.29 is 0 Å². The molecule has 104 valence electrons. The van der Waals surface area contributed by atoms with Crippen molar-refractivity contribution >= 4 is 28.1 Å². The molecular weight excluding hydrogens is 262 g/mol. The molecule has 5 heteroatoms. The minimum atomic E-state index is 0.0697. The smallest absolute Gasteiger partial charge is 0.122 e. The number of nitrogen functional groups attached to an aromatic ring is 1. The molecule has 3 N–H and O–H groups in total. The monoisotopic (exact) mass is 277 g/mol. The summed E-state index contributed by atoms with van der Waals surface area (Å²) in [6.07, 6.45) is 1.75. The molecule has 3 aromatic rings. The van der Waals surface area contributed by atoms with E-state index in [4.69, 9.17) is 11.1 Å². The first kappa shape index (κ1) is 13.1. The zero-order chi connectivity index (χ0) is 14.8. The third-order valence-electron chi connectivity index (χ3n) is 3.45. The number of nitrogens with zero attached hydrogens (tertiary/aromatic N) is 3. The van der Waals surface area contributed by atoms with Crippen LogP contribution in [0.15, 0.2) is 54.7 Å². The molecule has 1 heterocycles. The molecule has 0 saturated heterocycles. The number of nitrogens with one attached hydrogen (secondary N) is 1. The van der Waals surface area contributed by atoms with Gasteiger partial charge in [-0.1, -0.05) is 18.2 Å². The summed E-state index contributed by atoms with van der Waals surface area (Å²) in [4.78, 5) is 2.04. The second-order valence-electron chi connectivity index (χ2n) is 4.77. The SMILES string of the molecule is CN(c1ccc(C(=N)N)cc1)c1cnnc2ccccc12. The fraction of sp³-hybridized carbons (Fsp3) is 0.0625. The largest absolute Gasteiger partial charge is 0.384 e. The van der Waals surface area contributed by atoms with E-state index < -0.39 is 0 Å². The van der Waals surface area contributed by atoms with Gasteiger partial charge in [0.2, 0.25) is 0 Å². The Hall–Kier alpha value is -2.95. The molecule has 0 atom stereocenters. The predicted molar refractivity (Wildman–Crippen MR) is 85.1 cm³/mol. The van der Waals surface area contributed by atoms with Gasteiger partial charge in [0.25, 0.3) is 0 Å². The standard InChI is InChI=1S/C16H15N5/c1-21(12-8-6-11(7-9-12)16(17)18)15-10-19-20-14-5-3-2-4-13(14)15/h2-10H,1H3,(H3,17,18). The minimum Gasteiger partial charge on any atom is -0.384 e. The van der Waals surface area contributed by atoms with Crippen molar-refractivity contribution in [3.63, 3.8) is 0 Å². The molecule has 2 aromatic carbocycles. The lowest BCUT2D eigenvalue weighted by Crippen LogP contribution is -2.13. The van der Waals surface area contributed by atoms with E-state index in [9.17, 15) is 0 Å². The maximum absolute atomic E-state index is 7.43. The zero-order valence-electron chi connectivity index (χ0n) is 11.6. The van der Waals surface area contributed by atoms with Crippen molar-refractivity contribution in [1.82, 2.24) is 10.2 Å². The molecule has 0 aliphatic heterocycles. The first-order valence-corrected chi connectivity index (χ1v) is 6.55. The van der Waals surface area contributed by atoms with Crippen LogP contribution in [-0.2, 0) is 0 Å². The normalized spacial score (nSPS) is 10.5. The summed E-state index contributed by atoms with van der Waals surface area (Å²) in [5.41, 5.74) is 9.03. The summed E-state index contributed by atoms with van der Waals surface area (Å²) >= 11 is 0. The number of fused-ring (bicyclic) bond motifs is 1. The van der Waals surface area contributed by atoms with Crippen LogP contribution in [0.25, 0.3) is 10.9 Å². The summed E-state index contributed by atoms with van der Waals surface area (Å²) in [6, 6.07) is 15.5. The highest BCUT2D eigenvalue weighted by molar-refractivity contribution is 5.96. The zero-order valence-corrected chi connectivity index (χ0v) is 11.6. The Morgan fingerprint density at radius 3 is 2.52 bits per heavy atom. The molecule has 5 nitrogen and oxygen atoms in total. The predicted octanol–water partition coefficient (Wildman–Crippen LogP) is 2.68. The fourth-order valence-corrected chi connectivity index (χ4v) is 2.26. The summed E-state index contributed by atoms with van der Waals surface area (Å²) in [6.45, 7) is 0. The molecule has 0 unspecified atom stereocenters. The highest BCUT2D eigenvalue weighted by Gasteiger charge is 2.09. The van der Waals surface area contributed by atoms with Crippen molar-refractivity contribution in [2.75, 3.05) is 11.9 Å². The molecular formula is C16H15N5. The molecule has 3 rings (SSSR count). The summed E-state index contributed by atoms with van der Waals surface area (Å²) in [5.74, 6) is 0.0697. The van der Waals surface area contributed by atoms with Crippen LogP contribution in [0.1, 0.15) is 5.56 Å². The first-order chi connectivity index (χ1) is 10.2. The topological polar surface area (TPSA) is 78.9 Å². The lowest BCUT2D eigenvalue weighted by Gasteiger charge is -2.20. The Balaban J connectivity index is 2.04. The van der Waals surface area contributed by atoms with Gasteiger partial charge in [0.1, 0.15) is 5.84 Å². The van der Waals surface area contributed by atoms with E-state index in [-0.39, 0.29) is 5.84 Å². The quantitative estimate of drug-likeness (QED) is 0.570. The molecule has 0 fully saturated rings. The fourth-order valence-electron chi connectivity index (χ4n) is 2.26. The molecule has 0 aliphatic carbocycles. The molecule has 0 bridgehead atoms. The van der Waals surface area contributed by atoms with Crippen molar-refractivity contribution in [1.29, 1.82) is 5.41 Å². The van der Waals surface area contributed by atoms with Gasteiger partial charge in [-0.15, -0.1) is 0 Å². The molecule has 0 spiro atoms. The van der Waals surface area contributed by atoms with Gasteiger partial charge in [0.05, 0.1) is 17.4 Å². The van der Waals surface area contributed by atoms with Crippen LogP contribution in [0, 0.1) is 5.41 Å². The maximum Gasteiger partial charge on any atom is 0.122 e. The van der Waals surface area contributed by atoms with Crippen molar-refractivity contribution in [2.24, 2.45) is 5.73 Å². The lowest BCUT2D eigenvalue weighted by molar-refractivity contribution is 1.06. The van der Waals surface area contributed by atoms with Crippen LogP contribution in [0.5, 0.6) is 0 Å². The van der Waals surface area contributed by atoms with E-state index in [2.05, 4.69) is 10.2 Å².